The van der Waals surface area contributed by atoms with Crippen molar-refractivity contribution in [2.75, 3.05) is 32.7 Å². The van der Waals surface area contributed by atoms with Gasteiger partial charge in [0, 0.05) is 26.2 Å². The van der Waals surface area contributed by atoms with Crippen LogP contribution in [0.25, 0.3) is 0 Å². The van der Waals surface area contributed by atoms with E-state index in [1.807, 2.05) is 36.4 Å². The molecule has 0 spiro atoms. The smallest absolute Gasteiger partial charge is 0.153 e. The first kappa shape index (κ1) is 18.1. The Morgan fingerprint density at radius 2 is 1.59 bits per heavy atom. The molecule has 1 fully saturated rings. The number of ether oxygens (including phenoxy) is 1. The van der Waals surface area contributed by atoms with E-state index in [-0.39, 0.29) is 0 Å². The third-order valence-electron chi connectivity index (χ3n) is 5.44. The highest BCUT2D eigenvalue weighted by Gasteiger charge is 2.25. The molecule has 0 radical (unpaired) electrons. The van der Waals surface area contributed by atoms with Gasteiger partial charge >= 0.3 is 0 Å². The molecule has 0 aromatic heterocycles. The van der Waals surface area contributed by atoms with Gasteiger partial charge in [-0.25, -0.2) is 4.99 Å². The first-order chi connectivity index (χ1) is 13.3. The van der Waals surface area contributed by atoms with E-state index in [0.29, 0.717) is 0 Å². The predicted octanol–water partition coefficient (Wildman–Crippen LogP) is 5.07. The number of piperazine rings is 1. The quantitative estimate of drug-likeness (QED) is 0.694. The van der Waals surface area contributed by atoms with Gasteiger partial charge in [0.2, 0.25) is 0 Å². The third kappa shape index (κ3) is 4.16. The number of para-hydroxylation sites is 3. The van der Waals surface area contributed by atoms with Crippen LogP contribution in [-0.2, 0) is 0 Å². The minimum absolute atomic E-state index is 0.828. The third-order valence-corrected chi connectivity index (χ3v) is 5.44. The zero-order valence-corrected chi connectivity index (χ0v) is 16.2. The standard InChI is InChI=1S/C23H29N3O/c1-2-3-4-9-14-25-15-17-26(18-16-25)23-19-10-5-7-12-21(19)27-22-13-8-6-11-20(22)24-23/h5-8,10-13H,2-4,9,14-18H2,1H3. The second-order valence-electron chi connectivity index (χ2n) is 7.39. The molecule has 27 heavy (non-hydrogen) atoms. The summed E-state index contributed by atoms with van der Waals surface area (Å²) >= 11 is 0. The van der Waals surface area contributed by atoms with E-state index < -0.39 is 0 Å². The Bertz CT molecular complexity index is 794. The predicted molar refractivity (Wildman–Crippen MR) is 111 cm³/mol. The molecule has 1 saturated heterocycles. The second-order valence-corrected chi connectivity index (χ2v) is 7.39. The molecule has 0 atom stereocenters. The summed E-state index contributed by atoms with van der Waals surface area (Å²) in [6.07, 6.45) is 5.33. The molecular formula is C23H29N3O. The number of benzene rings is 2. The highest BCUT2D eigenvalue weighted by molar-refractivity contribution is 6.03. The van der Waals surface area contributed by atoms with Crippen molar-refractivity contribution in [1.82, 2.24) is 9.80 Å². The van der Waals surface area contributed by atoms with Crippen LogP contribution in [0.15, 0.2) is 53.5 Å². The number of amidine groups is 1. The van der Waals surface area contributed by atoms with Crippen LogP contribution in [0.2, 0.25) is 0 Å². The maximum atomic E-state index is 6.17. The summed E-state index contributed by atoms with van der Waals surface area (Å²) in [7, 11) is 0. The minimum Gasteiger partial charge on any atom is -0.454 e. The van der Waals surface area contributed by atoms with Crippen LogP contribution in [0.3, 0.4) is 0 Å². The maximum Gasteiger partial charge on any atom is 0.153 e. The number of unbranched alkanes of at least 4 members (excludes halogenated alkanes) is 3. The van der Waals surface area contributed by atoms with Gasteiger partial charge in [0.05, 0.1) is 5.56 Å². The summed E-state index contributed by atoms with van der Waals surface area (Å²) in [5, 5.41) is 0. The maximum absolute atomic E-state index is 6.17. The normalized spacial score (nSPS) is 16.8. The zero-order valence-electron chi connectivity index (χ0n) is 16.2. The van der Waals surface area contributed by atoms with E-state index in [1.54, 1.807) is 0 Å². The Balaban J connectivity index is 1.50. The molecule has 0 aliphatic carbocycles. The zero-order chi connectivity index (χ0) is 18.5. The summed E-state index contributed by atoms with van der Waals surface area (Å²) in [4.78, 5) is 10.0. The van der Waals surface area contributed by atoms with E-state index >= 15 is 0 Å². The summed E-state index contributed by atoms with van der Waals surface area (Å²) in [5.74, 6) is 2.76. The fraction of sp³-hybridized carbons (Fsp3) is 0.435. The molecule has 2 heterocycles. The van der Waals surface area contributed by atoms with Gasteiger partial charge in [0.25, 0.3) is 0 Å². The first-order valence-electron chi connectivity index (χ1n) is 10.3. The van der Waals surface area contributed by atoms with Crippen molar-refractivity contribution < 1.29 is 4.74 Å². The molecule has 142 valence electrons. The molecule has 2 aromatic carbocycles. The largest absolute Gasteiger partial charge is 0.454 e. The van der Waals surface area contributed by atoms with Gasteiger partial charge in [-0.2, -0.15) is 0 Å². The molecule has 4 rings (SSSR count). The number of rotatable bonds is 5. The first-order valence-corrected chi connectivity index (χ1v) is 10.3. The number of aliphatic imine (C=N–C) groups is 1. The number of nitrogens with zero attached hydrogens (tertiary/aromatic N) is 3. The molecule has 0 amide bonds. The monoisotopic (exact) mass is 363 g/mol. The fourth-order valence-corrected chi connectivity index (χ4v) is 3.86. The Kier molecular flexibility index (Phi) is 5.73. The average Bonchev–Trinajstić information content (AvgIpc) is 2.88. The molecule has 0 bridgehead atoms. The van der Waals surface area contributed by atoms with Crippen LogP contribution < -0.4 is 4.74 Å². The number of hydrogen-bond acceptors (Lipinski definition) is 4. The van der Waals surface area contributed by atoms with E-state index in [2.05, 4.69) is 28.9 Å². The lowest BCUT2D eigenvalue weighted by Crippen LogP contribution is -2.49. The van der Waals surface area contributed by atoms with E-state index in [4.69, 9.17) is 9.73 Å². The van der Waals surface area contributed by atoms with Gasteiger partial charge < -0.3 is 9.64 Å². The van der Waals surface area contributed by atoms with Crippen molar-refractivity contribution in [3.05, 3.63) is 54.1 Å². The Labute approximate surface area is 162 Å². The molecule has 2 aliphatic heterocycles. The van der Waals surface area contributed by atoms with Gasteiger partial charge in [0.1, 0.15) is 17.3 Å². The van der Waals surface area contributed by atoms with Crippen LogP contribution in [0.5, 0.6) is 11.5 Å². The van der Waals surface area contributed by atoms with E-state index in [9.17, 15) is 0 Å². The Morgan fingerprint density at radius 3 is 2.41 bits per heavy atom. The van der Waals surface area contributed by atoms with Crippen molar-refractivity contribution in [2.24, 2.45) is 4.99 Å². The van der Waals surface area contributed by atoms with E-state index in [0.717, 1.165) is 54.8 Å². The Hall–Kier alpha value is -2.33. The van der Waals surface area contributed by atoms with Crippen LogP contribution in [-0.4, -0.2) is 48.4 Å². The van der Waals surface area contributed by atoms with Crippen molar-refractivity contribution in [2.45, 2.75) is 32.6 Å². The molecule has 4 nitrogen and oxygen atoms in total. The van der Waals surface area contributed by atoms with Crippen LogP contribution in [0.4, 0.5) is 5.69 Å². The Morgan fingerprint density at radius 1 is 0.852 bits per heavy atom. The molecular weight excluding hydrogens is 334 g/mol. The molecule has 2 aliphatic rings. The average molecular weight is 364 g/mol. The fourth-order valence-electron chi connectivity index (χ4n) is 3.86. The SMILES string of the molecule is CCCCCCN1CCN(C2=Nc3ccccc3Oc3ccccc32)CC1. The van der Waals surface area contributed by atoms with Gasteiger partial charge in [-0.15, -0.1) is 0 Å². The van der Waals surface area contributed by atoms with Gasteiger partial charge in [-0.05, 0) is 37.2 Å². The minimum atomic E-state index is 0.828. The van der Waals surface area contributed by atoms with Gasteiger partial charge in [0.15, 0.2) is 5.75 Å². The molecule has 0 N–H and O–H groups in total. The van der Waals surface area contributed by atoms with Crippen LogP contribution in [0, 0.1) is 0 Å². The number of fused-ring (bicyclic) bond motifs is 2. The highest BCUT2D eigenvalue weighted by Crippen LogP contribution is 2.37. The molecule has 4 heteroatoms. The van der Waals surface area contributed by atoms with Crippen LogP contribution in [0.1, 0.15) is 38.2 Å². The second kappa shape index (κ2) is 8.57. The number of hydrogen-bond donors (Lipinski definition) is 0. The van der Waals surface area contributed by atoms with Crippen LogP contribution >= 0.6 is 0 Å². The van der Waals surface area contributed by atoms with Crippen molar-refractivity contribution in [3.8, 4) is 11.5 Å². The van der Waals surface area contributed by atoms with Gasteiger partial charge in [-0.3, -0.25) is 4.90 Å². The van der Waals surface area contributed by atoms with Crippen molar-refractivity contribution in [1.29, 1.82) is 0 Å². The van der Waals surface area contributed by atoms with Gasteiger partial charge in [-0.1, -0.05) is 50.5 Å². The summed E-state index contributed by atoms with van der Waals surface area (Å²) in [5.41, 5.74) is 2.00. The molecule has 0 unspecified atom stereocenters. The van der Waals surface area contributed by atoms with E-state index in [1.165, 1.54) is 32.2 Å². The van der Waals surface area contributed by atoms with Crippen molar-refractivity contribution >= 4 is 11.5 Å². The highest BCUT2D eigenvalue weighted by atomic mass is 16.5. The lowest BCUT2D eigenvalue weighted by Gasteiger charge is -2.36. The lowest BCUT2D eigenvalue weighted by molar-refractivity contribution is 0.179. The molecule has 0 saturated carbocycles. The summed E-state index contributed by atoms with van der Waals surface area (Å²) in [6, 6.07) is 16.3. The van der Waals surface area contributed by atoms with Crippen molar-refractivity contribution in [3.63, 3.8) is 0 Å². The summed E-state index contributed by atoms with van der Waals surface area (Å²) in [6.45, 7) is 7.74. The summed E-state index contributed by atoms with van der Waals surface area (Å²) < 4.78 is 6.17. The molecule has 2 aromatic rings. The lowest BCUT2D eigenvalue weighted by atomic mass is 10.1. The topological polar surface area (TPSA) is 28.1 Å².